The second kappa shape index (κ2) is 5.13. The zero-order valence-electron chi connectivity index (χ0n) is 9.12. The standard InChI is InChI=1S/C12H18O2/c1-12(13-2,14-3)10-9-11-7-5-4-6-8-11/h4-8H,9-10H2,1-3H3. The van der Waals surface area contributed by atoms with Gasteiger partial charge in [-0.2, -0.15) is 0 Å². The molecule has 0 N–H and O–H groups in total. The Morgan fingerprint density at radius 2 is 1.64 bits per heavy atom. The summed E-state index contributed by atoms with van der Waals surface area (Å²) < 4.78 is 10.6. The fraction of sp³-hybridized carbons (Fsp3) is 0.500. The van der Waals surface area contributed by atoms with Crippen molar-refractivity contribution in [2.24, 2.45) is 0 Å². The molecule has 0 fully saturated rings. The van der Waals surface area contributed by atoms with Gasteiger partial charge in [0.1, 0.15) is 0 Å². The van der Waals surface area contributed by atoms with Crippen LogP contribution in [0.2, 0.25) is 0 Å². The number of rotatable bonds is 5. The first-order valence-corrected chi connectivity index (χ1v) is 4.84. The zero-order chi connectivity index (χ0) is 10.4. The topological polar surface area (TPSA) is 18.5 Å². The maximum absolute atomic E-state index is 5.29. The molecule has 1 aromatic rings. The van der Waals surface area contributed by atoms with Crippen molar-refractivity contribution in [3.05, 3.63) is 35.9 Å². The molecule has 0 unspecified atom stereocenters. The van der Waals surface area contributed by atoms with E-state index >= 15 is 0 Å². The van der Waals surface area contributed by atoms with Gasteiger partial charge in [0.25, 0.3) is 0 Å². The minimum Gasteiger partial charge on any atom is -0.353 e. The molecule has 0 aliphatic rings. The number of aryl methyl sites for hydroxylation is 1. The number of benzene rings is 1. The molecule has 1 rings (SSSR count). The van der Waals surface area contributed by atoms with Crippen LogP contribution in [-0.4, -0.2) is 20.0 Å². The van der Waals surface area contributed by atoms with Gasteiger partial charge in [-0.3, -0.25) is 0 Å². The van der Waals surface area contributed by atoms with Crippen molar-refractivity contribution in [3.8, 4) is 0 Å². The minimum absolute atomic E-state index is 0.462. The van der Waals surface area contributed by atoms with Crippen LogP contribution in [0.1, 0.15) is 18.9 Å². The maximum atomic E-state index is 5.29. The van der Waals surface area contributed by atoms with Crippen LogP contribution < -0.4 is 0 Å². The van der Waals surface area contributed by atoms with Crippen LogP contribution in [0.25, 0.3) is 0 Å². The maximum Gasteiger partial charge on any atom is 0.165 e. The van der Waals surface area contributed by atoms with Crippen LogP contribution in [0.5, 0.6) is 0 Å². The molecule has 0 atom stereocenters. The van der Waals surface area contributed by atoms with Gasteiger partial charge in [0, 0.05) is 20.6 Å². The van der Waals surface area contributed by atoms with Gasteiger partial charge in [0.05, 0.1) is 0 Å². The summed E-state index contributed by atoms with van der Waals surface area (Å²) in [5.41, 5.74) is 1.31. The highest BCUT2D eigenvalue weighted by atomic mass is 16.7. The lowest BCUT2D eigenvalue weighted by Gasteiger charge is -2.26. The largest absolute Gasteiger partial charge is 0.353 e. The molecule has 2 heteroatoms. The summed E-state index contributed by atoms with van der Waals surface area (Å²) in [6.07, 6.45) is 1.84. The normalized spacial score (nSPS) is 11.6. The summed E-state index contributed by atoms with van der Waals surface area (Å²) >= 11 is 0. The number of hydrogen-bond acceptors (Lipinski definition) is 2. The van der Waals surface area contributed by atoms with Crippen molar-refractivity contribution in [1.82, 2.24) is 0 Å². The van der Waals surface area contributed by atoms with Crippen molar-refractivity contribution in [2.75, 3.05) is 14.2 Å². The Bertz CT molecular complexity index is 252. The van der Waals surface area contributed by atoms with Crippen LogP contribution in [-0.2, 0) is 15.9 Å². The number of ether oxygens (including phenoxy) is 2. The van der Waals surface area contributed by atoms with Gasteiger partial charge in [-0.15, -0.1) is 0 Å². The second-order valence-electron chi connectivity index (χ2n) is 3.53. The summed E-state index contributed by atoms with van der Waals surface area (Å²) in [5, 5.41) is 0. The lowest BCUT2D eigenvalue weighted by Crippen LogP contribution is -2.30. The molecule has 0 saturated heterocycles. The molecule has 2 nitrogen and oxygen atoms in total. The summed E-state index contributed by atoms with van der Waals surface area (Å²) in [6, 6.07) is 10.4. The van der Waals surface area contributed by atoms with Gasteiger partial charge in [-0.25, -0.2) is 0 Å². The fourth-order valence-corrected chi connectivity index (χ4v) is 1.30. The Morgan fingerprint density at radius 3 is 2.14 bits per heavy atom. The van der Waals surface area contributed by atoms with Gasteiger partial charge in [0.2, 0.25) is 0 Å². The zero-order valence-corrected chi connectivity index (χ0v) is 9.12. The van der Waals surface area contributed by atoms with Crippen LogP contribution in [0, 0.1) is 0 Å². The second-order valence-corrected chi connectivity index (χ2v) is 3.53. The Kier molecular flexibility index (Phi) is 4.11. The SMILES string of the molecule is COC(C)(CCc1ccccc1)OC. The van der Waals surface area contributed by atoms with Crippen LogP contribution in [0.15, 0.2) is 30.3 Å². The van der Waals surface area contributed by atoms with E-state index in [1.165, 1.54) is 5.56 Å². The lowest BCUT2D eigenvalue weighted by atomic mass is 10.1. The van der Waals surface area contributed by atoms with E-state index in [9.17, 15) is 0 Å². The molecule has 0 heterocycles. The van der Waals surface area contributed by atoms with E-state index in [1.807, 2.05) is 25.1 Å². The van der Waals surface area contributed by atoms with E-state index in [1.54, 1.807) is 14.2 Å². The highest BCUT2D eigenvalue weighted by Crippen LogP contribution is 2.18. The van der Waals surface area contributed by atoms with E-state index in [4.69, 9.17) is 9.47 Å². The Hall–Kier alpha value is -0.860. The molecule has 0 saturated carbocycles. The third-order valence-corrected chi connectivity index (χ3v) is 2.57. The molecule has 0 aliphatic heterocycles. The molecule has 1 aromatic carbocycles. The summed E-state index contributed by atoms with van der Waals surface area (Å²) in [7, 11) is 3.35. The van der Waals surface area contributed by atoms with Gasteiger partial charge in [-0.1, -0.05) is 30.3 Å². The molecular weight excluding hydrogens is 176 g/mol. The van der Waals surface area contributed by atoms with E-state index in [0.717, 1.165) is 12.8 Å². The molecule has 14 heavy (non-hydrogen) atoms. The van der Waals surface area contributed by atoms with Gasteiger partial charge in [-0.05, 0) is 18.9 Å². The lowest BCUT2D eigenvalue weighted by molar-refractivity contribution is -0.196. The van der Waals surface area contributed by atoms with Crippen molar-refractivity contribution in [2.45, 2.75) is 25.6 Å². The molecule has 0 aromatic heterocycles. The Labute approximate surface area is 85.8 Å². The predicted molar refractivity (Wildman–Crippen MR) is 57.2 cm³/mol. The van der Waals surface area contributed by atoms with E-state index < -0.39 is 5.79 Å². The van der Waals surface area contributed by atoms with Crippen LogP contribution in [0.3, 0.4) is 0 Å². The van der Waals surface area contributed by atoms with Gasteiger partial charge >= 0.3 is 0 Å². The quantitative estimate of drug-likeness (QED) is 0.671. The molecular formula is C12H18O2. The third kappa shape index (κ3) is 3.13. The smallest absolute Gasteiger partial charge is 0.165 e. The van der Waals surface area contributed by atoms with Crippen LogP contribution >= 0.6 is 0 Å². The highest BCUT2D eigenvalue weighted by Gasteiger charge is 2.21. The summed E-state index contributed by atoms with van der Waals surface area (Å²) in [5.74, 6) is -0.462. The average Bonchev–Trinajstić information content (AvgIpc) is 2.27. The van der Waals surface area contributed by atoms with Gasteiger partial charge < -0.3 is 9.47 Å². The number of methoxy groups -OCH3 is 2. The van der Waals surface area contributed by atoms with Crippen LogP contribution in [0.4, 0.5) is 0 Å². The highest BCUT2D eigenvalue weighted by molar-refractivity contribution is 5.14. The van der Waals surface area contributed by atoms with E-state index in [0.29, 0.717) is 0 Å². The average molecular weight is 194 g/mol. The van der Waals surface area contributed by atoms with E-state index in [2.05, 4.69) is 12.1 Å². The first kappa shape index (κ1) is 11.2. The first-order valence-electron chi connectivity index (χ1n) is 4.84. The van der Waals surface area contributed by atoms with Crippen molar-refractivity contribution < 1.29 is 9.47 Å². The van der Waals surface area contributed by atoms with E-state index in [-0.39, 0.29) is 0 Å². The summed E-state index contributed by atoms with van der Waals surface area (Å²) in [6.45, 7) is 1.95. The van der Waals surface area contributed by atoms with Crippen molar-refractivity contribution >= 4 is 0 Å². The molecule has 0 aliphatic carbocycles. The monoisotopic (exact) mass is 194 g/mol. The Morgan fingerprint density at radius 1 is 1.07 bits per heavy atom. The minimum atomic E-state index is -0.462. The van der Waals surface area contributed by atoms with Crippen molar-refractivity contribution in [3.63, 3.8) is 0 Å². The third-order valence-electron chi connectivity index (χ3n) is 2.57. The molecule has 0 radical (unpaired) electrons. The van der Waals surface area contributed by atoms with Crippen molar-refractivity contribution in [1.29, 1.82) is 0 Å². The fourth-order valence-electron chi connectivity index (χ4n) is 1.30. The van der Waals surface area contributed by atoms with Gasteiger partial charge in [0.15, 0.2) is 5.79 Å². The summed E-state index contributed by atoms with van der Waals surface area (Å²) in [4.78, 5) is 0. The molecule has 78 valence electrons. The molecule has 0 bridgehead atoms. The molecule has 0 spiro atoms. The predicted octanol–water partition coefficient (Wildman–Crippen LogP) is 2.63. The molecule has 0 amide bonds. The Balaban J connectivity index is 2.48. The first-order chi connectivity index (χ1) is 6.70. The number of hydrogen-bond donors (Lipinski definition) is 0.